The van der Waals surface area contributed by atoms with Gasteiger partial charge in [0.25, 0.3) is 0 Å². The first-order chi connectivity index (χ1) is 26.5. The van der Waals surface area contributed by atoms with Crippen LogP contribution in [-0.4, -0.2) is 43.4 Å². The molecule has 0 heterocycles. The van der Waals surface area contributed by atoms with E-state index in [9.17, 15) is 24.6 Å². The van der Waals surface area contributed by atoms with Gasteiger partial charge in [-0.1, -0.05) is 84.4 Å². The van der Waals surface area contributed by atoms with Gasteiger partial charge >= 0.3 is 17.9 Å². The molecule has 0 spiro atoms. The number of carboxylic acids is 3. The van der Waals surface area contributed by atoms with Crippen LogP contribution in [0.15, 0.2) is 160 Å². The highest BCUT2D eigenvalue weighted by molar-refractivity contribution is 7.99. The molecule has 55 heavy (non-hydrogen) atoms. The number of aliphatic carboxylic acids is 1. The molecular formula is C43H37ClO8S3. The Hall–Kier alpha value is -5.33. The van der Waals surface area contributed by atoms with Gasteiger partial charge in [0, 0.05) is 37.0 Å². The molecule has 282 valence electrons. The van der Waals surface area contributed by atoms with Gasteiger partial charge in [0.1, 0.15) is 11.5 Å². The quantitative estimate of drug-likeness (QED) is 0.0708. The third-order valence-electron chi connectivity index (χ3n) is 7.52. The summed E-state index contributed by atoms with van der Waals surface area (Å²) in [4.78, 5) is 34.8. The molecule has 0 fully saturated rings. The van der Waals surface area contributed by atoms with Gasteiger partial charge in [0.15, 0.2) is 0 Å². The second-order valence-electron chi connectivity index (χ2n) is 11.6. The van der Waals surface area contributed by atoms with Crippen molar-refractivity contribution >= 4 is 64.8 Å². The number of phenolic OH excluding ortho intramolecular Hbond substituents is 2. The summed E-state index contributed by atoms with van der Waals surface area (Å²) >= 11 is 10.6. The molecule has 0 aliphatic rings. The number of thioether (sulfide) groups is 3. The molecule has 0 aliphatic carbocycles. The van der Waals surface area contributed by atoms with Gasteiger partial charge in [-0.25, -0.2) is 9.59 Å². The third kappa shape index (κ3) is 15.1. The number of halogens is 1. The zero-order valence-electron chi connectivity index (χ0n) is 29.2. The minimum absolute atomic E-state index is 0.0485. The third-order valence-corrected chi connectivity index (χ3v) is 11.1. The Kier molecular flexibility index (Phi) is 17.1. The molecule has 0 bridgehead atoms. The number of hydrogen-bond donors (Lipinski definition) is 5. The van der Waals surface area contributed by atoms with Crippen molar-refractivity contribution in [3.63, 3.8) is 0 Å². The van der Waals surface area contributed by atoms with Gasteiger partial charge in [-0.15, -0.1) is 35.3 Å². The van der Waals surface area contributed by atoms with E-state index < -0.39 is 17.9 Å². The molecule has 6 rings (SSSR count). The van der Waals surface area contributed by atoms with Gasteiger partial charge in [-0.2, -0.15) is 0 Å². The first-order valence-electron chi connectivity index (χ1n) is 16.6. The maximum absolute atomic E-state index is 10.7. The molecule has 0 amide bonds. The van der Waals surface area contributed by atoms with Crippen LogP contribution >= 0.6 is 46.9 Å². The smallest absolute Gasteiger partial charge is 0.335 e. The standard InChI is InChI=1S/C15H14O3S.C14H11ClO2S.C14H12O3S/c16-13-3-1-2-4-14(13)19-10-12-7-5-11(6-8-12)9-15(17)18;15-12-5-7-13(8-6-12)18-9-10-1-3-11(4-2-10)14(16)17;15-12-3-1-2-4-13(12)18-9-10-5-7-11(8-6-10)14(16)17/h1-8,16H,9-10H2,(H,17,18);1-8H,9H2,(H,16,17);1-8,15H,9H2,(H,16,17). The number of aromatic hydroxyl groups is 2. The van der Waals surface area contributed by atoms with E-state index in [1.165, 1.54) is 11.8 Å². The van der Waals surface area contributed by atoms with E-state index in [4.69, 9.17) is 26.9 Å². The number of phenols is 2. The summed E-state index contributed by atoms with van der Waals surface area (Å²) < 4.78 is 0. The maximum atomic E-state index is 10.7. The number of carbonyl (C=O) groups is 3. The minimum Gasteiger partial charge on any atom is -0.507 e. The average molecular weight is 813 g/mol. The Morgan fingerprint density at radius 1 is 0.455 bits per heavy atom. The predicted molar refractivity (Wildman–Crippen MR) is 221 cm³/mol. The largest absolute Gasteiger partial charge is 0.507 e. The highest BCUT2D eigenvalue weighted by atomic mass is 35.5. The Labute approximate surface area is 336 Å². The van der Waals surface area contributed by atoms with Crippen molar-refractivity contribution in [1.82, 2.24) is 0 Å². The summed E-state index contributed by atoms with van der Waals surface area (Å²) in [5.41, 5.74) is 4.61. The molecule has 0 radical (unpaired) electrons. The topological polar surface area (TPSA) is 152 Å². The molecule has 0 atom stereocenters. The van der Waals surface area contributed by atoms with Gasteiger partial charge in [0.2, 0.25) is 0 Å². The van der Waals surface area contributed by atoms with E-state index in [0.29, 0.717) is 11.3 Å². The summed E-state index contributed by atoms with van der Waals surface area (Å²) in [6.45, 7) is 0. The summed E-state index contributed by atoms with van der Waals surface area (Å²) in [6, 6.07) is 43.2. The molecule has 0 saturated carbocycles. The van der Waals surface area contributed by atoms with E-state index in [0.717, 1.165) is 53.5 Å². The second-order valence-corrected chi connectivity index (χ2v) is 15.2. The van der Waals surface area contributed by atoms with Crippen LogP contribution in [-0.2, 0) is 28.5 Å². The van der Waals surface area contributed by atoms with Crippen molar-refractivity contribution in [3.05, 3.63) is 184 Å². The molecule has 5 N–H and O–H groups in total. The zero-order valence-corrected chi connectivity index (χ0v) is 32.5. The fourth-order valence-corrected chi connectivity index (χ4v) is 7.38. The van der Waals surface area contributed by atoms with E-state index in [1.807, 2.05) is 84.9 Å². The van der Waals surface area contributed by atoms with Crippen molar-refractivity contribution < 1.29 is 39.9 Å². The van der Waals surface area contributed by atoms with Crippen molar-refractivity contribution in [1.29, 1.82) is 0 Å². The molecular weight excluding hydrogens is 776 g/mol. The molecule has 0 unspecified atom stereocenters. The lowest BCUT2D eigenvalue weighted by atomic mass is 10.1. The van der Waals surface area contributed by atoms with Crippen LogP contribution in [0.25, 0.3) is 0 Å². The molecule has 0 saturated heterocycles. The van der Waals surface area contributed by atoms with E-state index in [2.05, 4.69) is 0 Å². The maximum Gasteiger partial charge on any atom is 0.335 e. The average Bonchev–Trinajstić information content (AvgIpc) is 3.18. The minimum atomic E-state index is -0.921. The molecule has 6 aromatic carbocycles. The Bertz CT molecular complexity index is 2140. The monoisotopic (exact) mass is 812 g/mol. The second kappa shape index (κ2) is 22.1. The Balaban J connectivity index is 0.000000184. The Morgan fingerprint density at radius 3 is 1.20 bits per heavy atom. The van der Waals surface area contributed by atoms with Crippen LogP contribution in [0.4, 0.5) is 0 Å². The van der Waals surface area contributed by atoms with Crippen LogP contribution in [0.5, 0.6) is 11.5 Å². The van der Waals surface area contributed by atoms with Crippen molar-refractivity contribution in [2.24, 2.45) is 0 Å². The first-order valence-corrected chi connectivity index (χ1v) is 19.9. The van der Waals surface area contributed by atoms with E-state index in [-0.39, 0.29) is 23.5 Å². The highest BCUT2D eigenvalue weighted by Gasteiger charge is 2.06. The summed E-state index contributed by atoms with van der Waals surface area (Å²) in [6.07, 6.45) is 0.0485. The molecule has 0 aliphatic heterocycles. The van der Waals surface area contributed by atoms with Crippen molar-refractivity contribution in [2.45, 2.75) is 38.4 Å². The molecule has 12 heteroatoms. The SMILES string of the molecule is O=C(O)Cc1ccc(CSc2ccccc2O)cc1.O=C(O)c1ccc(CSc2ccc(Cl)cc2)cc1.O=C(O)c1ccc(CSc2ccccc2O)cc1. The molecule has 0 aromatic heterocycles. The fourth-order valence-electron chi connectivity index (χ4n) is 4.59. The highest BCUT2D eigenvalue weighted by Crippen LogP contribution is 2.31. The van der Waals surface area contributed by atoms with E-state index >= 15 is 0 Å². The van der Waals surface area contributed by atoms with Crippen LogP contribution in [0.2, 0.25) is 5.02 Å². The van der Waals surface area contributed by atoms with Crippen molar-refractivity contribution in [2.75, 3.05) is 0 Å². The number of rotatable bonds is 13. The van der Waals surface area contributed by atoms with Gasteiger partial charge in [-0.05, 0) is 95.1 Å². The summed E-state index contributed by atoms with van der Waals surface area (Å²) in [7, 11) is 0. The first kappa shape index (κ1) is 42.4. The van der Waals surface area contributed by atoms with Gasteiger partial charge in [0.05, 0.1) is 17.5 Å². The number of hydrogen-bond acceptors (Lipinski definition) is 8. The lowest BCUT2D eigenvalue weighted by molar-refractivity contribution is -0.136. The van der Waals surface area contributed by atoms with E-state index in [1.54, 1.807) is 84.2 Å². The number of para-hydroxylation sites is 2. The number of benzene rings is 6. The van der Waals surface area contributed by atoms with Crippen molar-refractivity contribution in [3.8, 4) is 11.5 Å². The lowest BCUT2D eigenvalue weighted by Gasteiger charge is -2.05. The summed E-state index contributed by atoms with van der Waals surface area (Å²) in [5.74, 6) is 0.155. The summed E-state index contributed by atoms with van der Waals surface area (Å²) in [5, 5.41) is 46.2. The molecule has 6 aromatic rings. The van der Waals surface area contributed by atoms with Crippen LogP contribution in [0, 0.1) is 0 Å². The fraction of sp³-hybridized carbons (Fsp3) is 0.0930. The zero-order chi connectivity index (χ0) is 39.6. The number of carboxylic acid groups (broad SMARTS) is 3. The number of aromatic carboxylic acids is 2. The van der Waals surface area contributed by atoms with Crippen LogP contribution in [0.1, 0.15) is 43.0 Å². The lowest BCUT2D eigenvalue weighted by Crippen LogP contribution is -1.99. The van der Waals surface area contributed by atoms with Gasteiger partial charge in [-0.3, -0.25) is 4.79 Å². The predicted octanol–water partition coefficient (Wildman–Crippen LogP) is 11.0. The normalized spacial score (nSPS) is 10.3. The van der Waals surface area contributed by atoms with Gasteiger partial charge < -0.3 is 25.5 Å². The van der Waals surface area contributed by atoms with Crippen LogP contribution in [0.3, 0.4) is 0 Å². The van der Waals surface area contributed by atoms with Crippen LogP contribution < -0.4 is 0 Å². The molecule has 8 nitrogen and oxygen atoms in total. The Morgan fingerprint density at radius 2 is 0.818 bits per heavy atom.